The van der Waals surface area contributed by atoms with E-state index in [2.05, 4.69) is 15.9 Å². The Bertz CT molecular complexity index is 371. The van der Waals surface area contributed by atoms with Crippen molar-refractivity contribution in [2.75, 3.05) is 6.54 Å². The van der Waals surface area contributed by atoms with Crippen LogP contribution >= 0.6 is 15.9 Å². The first-order valence-electron chi connectivity index (χ1n) is 4.68. The van der Waals surface area contributed by atoms with Crippen molar-refractivity contribution in [3.05, 3.63) is 34.3 Å². The lowest BCUT2D eigenvalue weighted by molar-refractivity contribution is 0.0905. The van der Waals surface area contributed by atoms with Crippen molar-refractivity contribution in [2.45, 2.75) is 12.8 Å². The quantitative estimate of drug-likeness (QED) is 0.841. The summed E-state index contributed by atoms with van der Waals surface area (Å²) in [6.07, 6.45) is 1.88. The molecule has 0 radical (unpaired) electrons. The van der Waals surface area contributed by atoms with Crippen LogP contribution in [0.4, 0.5) is 0 Å². The molecule has 1 aliphatic rings. The standard InChI is InChI=1S/C11H12BrNO/c12-9-3-1-2-8(6-9)10(14)11(7-13)4-5-11/h1-3,6H,4-5,7,13H2. The van der Waals surface area contributed by atoms with Crippen molar-refractivity contribution < 1.29 is 4.79 Å². The summed E-state index contributed by atoms with van der Waals surface area (Å²) in [5, 5.41) is 0. The zero-order valence-electron chi connectivity index (χ0n) is 7.79. The molecule has 0 amide bonds. The minimum Gasteiger partial charge on any atom is -0.329 e. The van der Waals surface area contributed by atoms with Crippen molar-refractivity contribution in [1.29, 1.82) is 0 Å². The fraction of sp³-hybridized carbons (Fsp3) is 0.364. The van der Waals surface area contributed by atoms with E-state index < -0.39 is 0 Å². The molecule has 74 valence electrons. The topological polar surface area (TPSA) is 43.1 Å². The molecule has 1 fully saturated rings. The molecule has 0 spiro atoms. The Kier molecular flexibility index (Phi) is 2.45. The fourth-order valence-corrected chi connectivity index (χ4v) is 2.01. The van der Waals surface area contributed by atoms with E-state index in [1.165, 1.54) is 0 Å². The van der Waals surface area contributed by atoms with Gasteiger partial charge in [0.1, 0.15) is 0 Å². The molecular weight excluding hydrogens is 242 g/mol. The molecule has 1 aliphatic carbocycles. The number of ketones is 1. The maximum absolute atomic E-state index is 12.0. The summed E-state index contributed by atoms with van der Waals surface area (Å²) in [5.41, 5.74) is 6.14. The Morgan fingerprint density at radius 2 is 2.21 bits per heavy atom. The van der Waals surface area contributed by atoms with Crippen LogP contribution < -0.4 is 5.73 Å². The first-order chi connectivity index (χ1) is 6.68. The van der Waals surface area contributed by atoms with Crippen LogP contribution in [0.1, 0.15) is 23.2 Å². The van der Waals surface area contributed by atoms with E-state index in [4.69, 9.17) is 5.73 Å². The van der Waals surface area contributed by atoms with Gasteiger partial charge in [0.25, 0.3) is 0 Å². The number of benzene rings is 1. The van der Waals surface area contributed by atoms with Gasteiger partial charge < -0.3 is 5.73 Å². The summed E-state index contributed by atoms with van der Waals surface area (Å²) in [5.74, 6) is 0.196. The Hall–Kier alpha value is -0.670. The van der Waals surface area contributed by atoms with Crippen LogP contribution in [-0.2, 0) is 0 Å². The highest BCUT2D eigenvalue weighted by atomic mass is 79.9. The maximum Gasteiger partial charge on any atom is 0.170 e. The minimum atomic E-state index is -0.235. The van der Waals surface area contributed by atoms with Gasteiger partial charge in [0.05, 0.1) is 0 Å². The molecule has 2 rings (SSSR count). The lowest BCUT2D eigenvalue weighted by Crippen LogP contribution is -2.25. The molecule has 3 heteroatoms. The van der Waals surface area contributed by atoms with Gasteiger partial charge in [-0.3, -0.25) is 4.79 Å². The van der Waals surface area contributed by atoms with E-state index in [0.717, 1.165) is 22.9 Å². The minimum absolute atomic E-state index is 0.196. The number of nitrogens with two attached hydrogens (primary N) is 1. The number of rotatable bonds is 3. The fourth-order valence-electron chi connectivity index (χ4n) is 1.61. The third-order valence-electron chi connectivity index (χ3n) is 2.81. The highest BCUT2D eigenvalue weighted by Gasteiger charge is 2.48. The first kappa shape index (κ1) is 9.87. The second kappa shape index (κ2) is 3.48. The molecule has 0 bridgehead atoms. The van der Waals surface area contributed by atoms with E-state index in [0.29, 0.717) is 6.54 Å². The Labute approximate surface area is 91.6 Å². The van der Waals surface area contributed by atoms with Crippen LogP contribution in [0.2, 0.25) is 0 Å². The van der Waals surface area contributed by atoms with Crippen molar-refractivity contribution in [3.8, 4) is 0 Å². The Morgan fingerprint density at radius 1 is 1.50 bits per heavy atom. The molecule has 0 saturated heterocycles. The second-order valence-electron chi connectivity index (χ2n) is 3.82. The molecule has 2 nitrogen and oxygen atoms in total. The first-order valence-corrected chi connectivity index (χ1v) is 5.48. The smallest absolute Gasteiger partial charge is 0.170 e. The molecule has 2 N–H and O–H groups in total. The molecule has 0 aliphatic heterocycles. The summed E-state index contributed by atoms with van der Waals surface area (Å²) < 4.78 is 0.941. The van der Waals surface area contributed by atoms with Gasteiger partial charge in [0.15, 0.2) is 5.78 Å². The lowest BCUT2D eigenvalue weighted by atomic mass is 9.95. The van der Waals surface area contributed by atoms with Gasteiger partial charge in [-0.2, -0.15) is 0 Å². The van der Waals surface area contributed by atoms with E-state index in [9.17, 15) is 4.79 Å². The third-order valence-corrected chi connectivity index (χ3v) is 3.31. The molecule has 1 saturated carbocycles. The average molecular weight is 254 g/mol. The number of hydrogen-bond acceptors (Lipinski definition) is 2. The Balaban J connectivity index is 2.28. The van der Waals surface area contributed by atoms with Crippen LogP contribution in [-0.4, -0.2) is 12.3 Å². The summed E-state index contributed by atoms with van der Waals surface area (Å²) in [6.45, 7) is 0.471. The predicted octanol–water partition coefficient (Wildman–Crippen LogP) is 2.37. The average Bonchev–Trinajstić information content (AvgIpc) is 2.97. The van der Waals surface area contributed by atoms with E-state index >= 15 is 0 Å². The maximum atomic E-state index is 12.0. The van der Waals surface area contributed by atoms with Crippen LogP contribution in [0, 0.1) is 5.41 Å². The van der Waals surface area contributed by atoms with Gasteiger partial charge in [0.2, 0.25) is 0 Å². The van der Waals surface area contributed by atoms with E-state index in [1.54, 1.807) is 0 Å². The van der Waals surface area contributed by atoms with Gasteiger partial charge in [0, 0.05) is 22.0 Å². The van der Waals surface area contributed by atoms with Gasteiger partial charge in [-0.1, -0.05) is 28.1 Å². The third kappa shape index (κ3) is 1.62. The molecule has 0 unspecified atom stereocenters. The highest BCUT2D eigenvalue weighted by molar-refractivity contribution is 9.10. The molecular formula is C11H12BrNO. The normalized spacial score (nSPS) is 17.9. The monoisotopic (exact) mass is 253 g/mol. The van der Waals surface area contributed by atoms with E-state index in [-0.39, 0.29) is 11.2 Å². The molecule has 0 aromatic heterocycles. The zero-order valence-corrected chi connectivity index (χ0v) is 9.38. The van der Waals surface area contributed by atoms with Crippen LogP contribution in [0.5, 0.6) is 0 Å². The van der Waals surface area contributed by atoms with Crippen molar-refractivity contribution in [1.82, 2.24) is 0 Å². The molecule has 14 heavy (non-hydrogen) atoms. The summed E-state index contributed by atoms with van der Waals surface area (Å²) >= 11 is 3.36. The van der Waals surface area contributed by atoms with Crippen molar-refractivity contribution >= 4 is 21.7 Å². The summed E-state index contributed by atoms with van der Waals surface area (Å²) in [6, 6.07) is 7.50. The Morgan fingerprint density at radius 3 is 2.71 bits per heavy atom. The number of Topliss-reactive ketones (excluding diaryl/α,β-unsaturated/α-hetero) is 1. The zero-order chi connectivity index (χ0) is 10.2. The number of hydrogen-bond donors (Lipinski definition) is 1. The summed E-state index contributed by atoms with van der Waals surface area (Å²) in [7, 11) is 0. The molecule has 1 aromatic carbocycles. The number of carbonyl (C=O) groups is 1. The van der Waals surface area contributed by atoms with E-state index in [1.807, 2.05) is 24.3 Å². The molecule has 0 heterocycles. The van der Waals surface area contributed by atoms with Gasteiger partial charge in [-0.05, 0) is 25.0 Å². The van der Waals surface area contributed by atoms with Gasteiger partial charge in [-0.25, -0.2) is 0 Å². The van der Waals surface area contributed by atoms with Gasteiger partial charge >= 0.3 is 0 Å². The lowest BCUT2D eigenvalue weighted by Gasteiger charge is -2.10. The second-order valence-corrected chi connectivity index (χ2v) is 4.74. The van der Waals surface area contributed by atoms with Crippen molar-refractivity contribution in [2.24, 2.45) is 11.1 Å². The largest absolute Gasteiger partial charge is 0.329 e. The molecule has 1 aromatic rings. The SMILES string of the molecule is NCC1(C(=O)c2cccc(Br)c2)CC1. The summed E-state index contributed by atoms with van der Waals surface area (Å²) in [4.78, 5) is 12.0. The van der Waals surface area contributed by atoms with Crippen molar-refractivity contribution in [3.63, 3.8) is 0 Å². The predicted molar refractivity (Wildman–Crippen MR) is 59.2 cm³/mol. The molecule has 0 atom stereocenters. The van der Waals surface area contributed by atoms with Gasteiger partial charge in [-0.15, -0.1) is 0 Å². The highest BCUT2D eigenvalue weighted by Crippen LogP contribution is 2.47. The van der Waals surface area contributed by atoms with Crippen LogP contribution in [0.3, 0.4) is 0 Å². The number of carbonyl (C=O) groups excluding carboxylic acids is 1. The number of halogens is 1. The van der Waals surface area contributed by atoms with Crippen LogP contribution in [0.15, 0.2) is 28.7 Å². The van der Waals surface area contributed by atoms with Crippen LogP contribution in [0.25, 0.3) is 0 Å².